The highest BCUT2D eigenvalue weighted by molar-refractivity contribution is 7.14. The van der Waals surface area contributed by atoms with Crippen LogP contribution < -0.4 is 10.6 Å². The third kappa shape index (κ3) is 6.58. The SMILES string of the molecule is O=C(COC(=O)c1ccc(Cl)c(NC(=O)c2cccs2)c1)Nc1nc(-c2ccc(-c3ccccc3)cc2)cs1. The van der Waals surface area contributed by atoms with Crippen LogP contribution in [-0.2, 0) is 9.53 Å². The van der Waals surface area contributed by atoms with Crippen LogP contribution >= 0.6 is 34.3 Å². The van der Waals surface area contributed by atoms with Gasteiger partial charge in [-0.25, -0.2) is 9.78 Å². The van der Waals surface area contributed by atoms with Crippen molar-refractivity contribution in [2.24, 2.45) is 0 Å². The van der Waals surface area contributed by atoms with Crippen LogP contribution in [0.15, 0.2) is 95.7 Å². The second kappa shape index (κ2) is 12.0. The number of hydrogen-bond acceptors (Lipinski definition) is 7. The number of thiazole rings is 1. The Balaban J connectivity index is 1.15. The standard InChI is InChI=1S/C29H20ClN3O4S2/c30-22-13-12-21(15-23(22)31-27(35)25-7-4-14-38-25)28(36)37-16-26(34)33-29-32-24(17-39-29)20-10-8-19(9-11-20)18-5-2-1-3-6-18/h1-15,17H,16H2,(H,31,35)(H,32,33,34). The molecule has 0 unspecified atom stereocenters. The molecule has 194 valence electrons. The summed E-state index contributed by atoms with van der Waals surface area (Å²) in [4.78, 5) is 42.2. The quantitative estimate of drug-likeness (QED) is 0.191. The molecule has 2 heterocycles. The smallest absolute Gasteiger partial charge is 0.338 e. The van der Waals surface area contributed by atoms with Crippen LogP contribution in [0.3, 0.4) is 0 Å². The van der Waals surface area contributed by atoms with E-state index >= 15 is 0 Å². The van der Waals surface area contributed by atoms with Gasteiger partial charge in [0.05, 0.1) is 26.8 Å². The number of nitrogens with one attached hydrogen (secondary N) is 2. The van der Waals surface area contributed by atoms with E-state index < -0.39 is 18.5 Å². The van der Waals surface area contributed by atoms with Crippen LogP contribution in [0.5, 0.6) is 0 Å². The second-order valence-electron chi connectivity index (χ2n) is 8.23. The molecule has 0 radical (unpaired) electrons. The summed E-state index contributed by atoms with van der Waals surface area (Å²) in [6.07, 6.45) is 0. The van der Waals surface area contributed by atoms with E-state index in [1.807, 2.05) is 60.0 Å². The molecule has 0 saturated carbocycles. The number of benzene rings is 3. The number of ether oxygens (including phenoxy) is 1. The van der Waals surface area contributed by atoms with E-state index in [4.69, 9.17) is 16.3 Å². The molecule has 0 bridgehead atoms. The second-order valence-corrected chi connectivity index (χ2v) is 10.4. The monoisotopic (exact) mass is 573 g/mol. The number of carbonyl (C=O) groups is 3. The van der Waals surface area contributed by atoms with Crippen molar-refractivity contribution >= 4 is 62.9 Å². The maximum absolute atomic E-state index is 12.5. The molecule has 7 nitrogen and oxygen atoms in total. The van der Waals surface area contributed by atoms with E-state index in [1.54, 1.807) is 17.5 Å². The van der Waals surface area contributed by atoms with Crippen molar-refractivity contribution in [1.82, 2.24) is 4.98 Å². The zero-order chi connectivity index (χ0) is 27.2. The minimum Gasteiger partial charge on any atom is -0.452 e. The summed E-state index contributed by atoms with van der Waals surface area (Å²) in [6.45, 7) is -0.501. The molecule has 3 aromatic carbocycles. The third-order valence-corrected chi connectivity index (χ3v) is 7.52. The first kappa shape index (κ1) is 26.3. The largest absolute Gasteiger partial charge is 0.452 e. The molecular weight excluding hydrogens is 554 g/mol. The molecule has 5 aromatic rings. The lowest BCUT2D eigenvalue weighted by molar-refractivity contribution is -0.119. The van der Waals surface area contributed by atoms with Gasteiger partial charge in [0, 0.05) is 10.9 Å². The lowest BCUT2D eigenvalue weighted by Gasteiger charge is -2.09. The van der Waals surface area contributed by atoms with Gasteiger partial charge in [-0.3, -0.25) is 14.9 Å². The summed E-state index contributed by atoms with van der Waals surface area (Å²) < 4.78 is 5.15. The van der Waals surface area contributed by atoms with Gasteiger partial charge in [-0.15, -0.1) is 22.7 Å². The van der Waals surface area contributed by atoms with Crippen LogP contribution in [-0.4, -0.2) is 29.4 Å². The van der Waals surface area contributed by atoms with E-state index in [0.29, 0.717) is 10.0 Å². The molecule has 5 rings (SSSR count). The van der Waals surface area contributed by atoms with Gasteiger partial charge in [-0.2, -0.15) is 0 Å². The molecule has 0 aliphatic rings. The molecule has 0 saturated heterocycles. The van der Waals surface area contributed by atoms with E-state index in [9.17, 15) is 14.4 Å². The fraction of sp³-hybridized carbons (Fsp3) is 0.0345. The number of carbonyl (C=O) groups excluding carboxylic acids is 3. The zero-order valence-corrected chi connectivity index (χ0v) is 22.6. The molecule has 39 heavy (non-hydrogen) atoms. The summed E-state index contributed by atoms with van der Waals surface area (Å²) in [7, 11) is 0. The van der Waals surface area contributed by atoms with Crippen LogP contribution in [0.2, 0.25) is 5.02 Å². The number of rotatable bonds is 8. The Kier molecular flexibility index (Phi) is 8.12. The van der Waals surface area contributed by atoms with Crippen molar-refractivity contribution in [3.8, 4) is 22.4 Å². The lowest BCUT2D eigenvalue weighted by Crippen LogP contribution is -2.21. The Morgan fingerprint density at radius 3 is 2.31 bits per heavy atom. The molecule has 0 aliphatic heterocycles. The number of halogens is 1. The first-order chi connectivity index (χ1) is 19.0. The number of amides is 2. The number of aromatic nitrogens is 1. The molecule has 0 spiro atoms. The summed E-state index contributed by atoms with van der Waals surface area (Å²) in [6, 6.07) is 25.9. The van der Waals surface area contributed by atoms with Gasteiger partial charge in [-0.05, 0) is 40.8 Å². The predicted octanol–water partition coefficient (Wildman–Crippen LogP) is 7.24. The highest BCUT2D eigenvalue weighted by Crippen LogP contribution is 2.28. The molecule has 0 atom stereocenters. The lowest BCUT2D eigenvalue weighted by atomic mass is 10.0. The topological polar surface area (TPSA) is 97.4 Å². The predicted molar refractivity (Wildman–Crippen MR) is 156 cm³/mol. The van der Waals surface area contributed by atoms with E-state index in [1.165, 1.54) is 40.9 Å². The Hall–Kier alpha value is -4.31. The third-order valence-electron chi connectivity index (χ3n) is 5.57. The Labute approximate surface area is 237 Å². The zero-order valence-electron chi connectivity index (χ0n) is 20.2. The molecule has 2 N–H and O–H groups in total. The van der Waals surface area contributed by atoms with Gasteiger partial charge < -0.3 is 10.1 Å². The summed E-state index contributed by atoms with van der Waals surface area (Å²) in [5, 5.41) is 9.62. The molecule has 10 heteroatoms. The number of nitrogens with zero attached hydrogens (tertiary/aromatic N) is 1. The molecule has 0 fully saturated rings. The maximum Gasteiger partial charge on any atom is 0.338 e. The number of anilines is 2. The van der Waals surface area contributed by atoms with Gasteiger partial charge in [-0.1, -0.05) is 72.3 Å². The van der Waals surface area contributed by atoms with Gasteiger partial charge >= 0.3 is 5.97 Å². The summed E-state index contributed by atoms with van der Waals surface area (Å²) in [5.74, 6) is -1.60. The average molecular weight is 574 g/mol. The summed E-state index contributed by atoms with van der Waals surface area (Å²) in [5.41, 5.74) is 4.28. The number of hydrogen-bond donors (Lipinski definition) is 2. The molecular formula is C29H20ClN3O4S2. The number of esters is 1. The molecule has 2 aromatic heterocycles. The van der Waals surface area contributed by atoms with Crippen LogP contribution in [0, 0.1) is 0 Å². The fourth-order valence-electron chi connectivity index (χ4n) is 3.64. The van der Waals surface area contributed by atoms with Crippen LogP contribution in [0.4, 0.5) is 10.8 Å². The minimum absolute atomic E-state index is 0.143. The first-order valence-corrected chi connectivity index (χ1v) is 13.8. The maximum atomic E-state index is 12.5. The van der Waals surface area contributed by atoms with Crippen LogP contribution in [0.25, 0.3) is 22.4 Å². The Bertz CT molecular complexity index is 1620. The van der Waals surface area contributed by atoms with E-state index in [2.05, 4.69) is 15.6 Å². The highest BCUT2D eigenvalue weighted by atomic mass is 35.5. The average Bonchev–Trinajstić information content (AvgIpc) is 3.67. The van der Waals surface area contributed by atoms with E-state index in [0.717, 1.165) is 22.4 Å². The van der Waals surface area contributed by atoms with Crippen molar-refractivity contribution in [2.45, 2.75) is 0 Å². The van der Waals surface area contributed by atoms with Crippen molar-refractivity contribution in [3.05, 3.63) is 111 Å². The van der Waals surface area contributed by atoms with Gasteiger partial charge in [0.15, 0.2) is 11.7 Å². The summed E-state index contributed by atoms with van der Waals surface area (Å²) >= 11 is 8.73. The van der Waals surface area contributed by atoms with Crippen molar-refractivity contribution < 1.29 is 19.1 Å². The minimum atomic E-state index is -0.730. The first-order valence-electron chi connectivity index (χ1n) is 11.7. The molecule has 0 aliphatic carbocycles. The van der Waals surface area contributed by atoms with Crippen LogP contribution in [0.1, 0.15) is 20.0 Å². The van der Waals surface area contributed by atoms with E-state index in [-0.39, 0.29) is 22.2 Å². The van der Waals surface area contributed by atoms with Gasteiger partial charge in [0.1, 0.15) is 0 Å². The number of thiophene rings is 1. The molecule has 2 amide bonds. The van der Waals surface area contributed by atoms with Gasteiger partial charge in [0.25, 0.3) is 11.8 Å². The van der Waals surface area contributed by atoms with Crippen molar-refractivity contribution in [1.29, 1.82) is 0 Å². The van der Waals surface area contributed by atoms with Crippen molar-refractivity contribution in [3.63, 3.8) is 0 Å². The normalized spacial score (nSPS) is 10.6. The van der Waals surface area contributed by atoms with Crippen molar-refractivity contribution in [2.75, 3.05) is 17.2 Å². The van der Waals surface area contributed by atoms with Gasteiger partial charge in [0.2, 0.25) is 0 Å². The Morgan fingerprint density at radius 2 is 1.56 bits per heavy atom. The fourth-order valence-corrected chi connectivity index (χ4v) is 5.16. The highest BCUT2D eigenvalue weighted by Gasteiger charge is 2.16. The Morgan fingerprint density at radius 1 is 0.821 bits per heavy atom.